The van der Waals surface area contributed by atoms with Crippen molar-refractivity contribution in [2.45, 2.75) is 6.54 Å². The Balaban J connectivity index is 1.68. The number of rotatable bonds is 6. The van der Waals surface area contributed by atoms with Gasteiger partial charge in [-0.05, 0) is 29.8 Å². The van der Waals surface area contributed by atoms with E-state index in [1.807, 2.05) is 66.5 Å². The second-order valence-corrected chi connectivity index (χ2v) is 5.24. The van der Waals surface area contributed by atoms with E-state index >= 15 is 0 Å². The summed E-state index contributed by atoms with van der Waals surface area (Å²) in [4.78, 5) is 6.41. The van der Waals surface area contributed by atoms with E-state index in [9.17, 15) is 0 Å². The van der Waals surface area contributed by atoms with Gasteiger partial charge in [-0.2, -0.15) is 10.1 Å². The third kappa shape index (κ3) is 3.78. The summed E-state index contributed by atoms with van der Waals surface area (Å²) >= 11 is 0. The predicted octanol–water partition coefficient (Wildman–Crippen LogP) is 3.26. The normalized spacial score (nSPS) is 10.2. The van der Waals surface area contributed by atoms with Crippen LogP contribution >= 0.6 is 0 Å². The molecule has 0 aliphatic heterocycles. The molecule has 0 radical (unpaired) electrons. The van der Waals surface area contributed by atoms with Crippen LogP contribution < -0.4 is 15.0 Å². The van der Waals surface area contributed by atoms with Crippen molar-refractivity contribution in [3.63, 3.8) is 0 Å². The first kappa shape index (κ1) is 15.7. The van der Waals surface area contributed by atoms with E-state index in [2.05, 4.69) is 20.5 Å². The van der Waals surface area contributed by atoms with Crippen LogP contribution in [-0.4, -0.2) is 29.3 Å². The molecule has 0 saturated heterocycles. The average Bonchev–Trinajstić information content (AvgIpc) is 2.67. The molecular weight excluding hydrogens is 302 g/mol. The summed E-state index contributed by atoms with van der Waals surface area (Å²) < 4.78 is 5.16. The van der Waals surface area contributed by atoms with Gasteiger partial charge in [0.05, 0.1) is 13.3 Å². The van der Waals surface area contributed by atoms with Crippen LogP contribution in [0.15, 0.2) is 60.8 Å². The number of nitrogens with zero attached hydrogens (tertiary/aromatic N) is 4. The molecule has 6 heteroatoms. The van der Waals surface area contributed by atoms with Gasteiger partial charge in [-0.3, -0.25) is 0 Å². The van der Waals surface area contributed by atoms with Crippen LogP contribution in [0.3, 0.4) is 0 Å². The number of para-hydroxylation sites is 1. The van der Waals surface area contributed by atoms with Crippen molar-refractivity contribution in [1.29, 1.82) is 0 Å². The number of hydrogen-bond acceptors (Lipinski definition) is 6. The van der Waals surface area contributed by atoms with E-state index in [1.165, 1.54) is 0 Å². The van der Waals surface area contributed by atoms with Crippen LogP contribution in [0.5, 0.6) is 5.75 Å². The lowest BCUT2D eigenvalue weighted by atomic mass is 10.2. The number of nitrogens with one attached hydrogen (secondary N) is 1. The van der Waals surface area contributed by atoms with Crippen LogP contribution in [0.4, 0.5) is 17.5 Å². The fraction of sp³-hybridized carbons (Fsp3) is 0.167. The predicted molar refractivity (Wildman–Crippen MR) is 94.7 cm³/mol. The Morgan fingerprint density at radius 2 is 1.79 bits per heavy atom. The number of hydrogen-bond donors (Lipinski definition) is 1. The topological polar surface area (TPSA) is 63.2 Å². The van der Waals surface area contributed by atoms with Crippen LogP contribution in [0.1, 0.15) is 5.56 Å². The van der Waals surface area contributed by atoms with Gasteiger partial charge in [0, 0.05) is 19.3 Å². The second kappa shape index (κ2) is 7.41. The number of methoxy groups -OCH3 is 1. The molecule has 0 amide bonds. The second-order valence-electron chi connectivity index (χ2n) is 5.24. The number of ether oxygens (including phenoxy) is 1. The van der Waals surface area contributed by atoms with E-state index < -0.39 is 0 Å². The first-order chi connectivity index (χ1) is 11.8. The van der Waals surface area contributed by atoms with Crippen molar-refractivity contribution in [2.24, 2.45) is 0 Å². The third-order valence-electron chi connectivity index (χ3n) is 3.62. The highest BCUT2D eigenvalue weighted by Gasteiger charge is 2.08. The monoisotopic (exact) mass is 321 g/mol. The maximum absolute atomic E-state index is 5.16. The van der Waals surface area contributed by atoms with Gasteiger partial charge in [-0.15, -0.1) is 5.10 Å². The summed E-state index contributed by atoms with van der Waals surface area (Å²) in [5.41, 5.74) is 2.14. The fourth-order valence-corrected chi connectivity index (χ4v) is 2.22. The van der Waals surface area contributed by atoms with E-state index in [-0.39, 0.29) is 0 Å². The molecule has 0 spiro atoms. The summed E-state index contributed by atoms with van der Waals surface area (Å²) in [6, 6.07) is 17.8. The molecule has 0 unspecified atom stereocenters. The molecule has 3 aromatic rings. The van der Waals surface area contributed by atoms with Crippen molar-refractivity contribution in [1.82, 2.24) is 15.2 Å². The lowest BCUT2D eigenvalue weighted by Crippen LogP contribution is -2.15. The average molecular weight is 321 g/mol. The Labute approximate surface area is 141 Å². The fourth-order valence-electron chi connectivity index (χ4n) is 2.22. The molecule has 3 rings (SSSR count). The summed E-state index contributed by atoms with van der Waals surface area (Å²) in [6.07, 6.45) is 1.62. The zero-order chi connectivity index (χ0) is 16.8. The number of benzene rings is 2. The van der Waals surface area contributed by atoms with E-state index in [1.54, 1.807) is 13.3 Å². The zero-order valence-corrected chi connectivity index (χ0v) is 13.7. The molecule has 122 valence electrons. The van der Waals surface area contributed by atoms with Crippen LogP contribution in [0, 0.1) is 0 Å². The van der Waals surface area contributed by atoms with Crippen LogP contribution in [0.2, 0.25) is 0 Å². The van der Waals surface area contributed by atoms with Gasteiger partial charge in [-0.25, -0.2) is 0 Å². The molecule has 0 atom stereocenters. The highest BCUT2D eigenvalue weighted by Crippen LogP contribution is 2.19. The van der Waals surface area contributed by atoms with Gasteiger partial charge in [0.2, 0.25) is 0 Å². The van der Waals surface area contributed by atoms with E-state index in [4.69, 9.17) is 4.74 Å². The molecular formula is C18H19N5O. The Bertz CT molecular complexity index is 777. The first-order valence-corrected chi connectivity index (χ1v) is 7.61. The first-order valence-electron chi connectivity index (χ1n) is 7.61. The molecule has 0 fully saturated rings. The van der Waals surface area contributed by atoms with Gasteiger partial charge >= 0.3 is 0 Å². The van der Waals surface area contributed by atoms with Gasteiger partial charge in [0.25, 0.3) is 5.95 Å². The van der Waals surface area contributed by atoms with Crippen molar-refractivity contribution in [2.75, 3.05) is 24.4 Å². The number of anilines is 3. The largest absolute Gasteiger partial charge is 0.497 e. The van der Waals surface area contributed by atoms with Crippen LogP contribution in [-0.2, 0) is 6.54 Å². The van der Waals surface area contributed by atoms with E-state index in [0.717, 1.165) is 17.0 Å². The minimum absolute atomic E-state index is 0.543. The minimum atomic E-state index is 0.543. The summed E-state index contributed by atoms with van der Waals surface area (Å²) in [6.45, 7) is 0.650. The smallest absolute Gasteiger partial charge is 0.251 e. The molecule has 0 aliphatic rings. The molecule has 1 aromatic heterocycles. The zero-order valence-electron chi connectivity index (χ0n) is 13.7. The van der Waals surface area contributed by atoms with Gasteiger partial charge in [0.1, 0.15) is 5.75 Å². The van der Waals surface area contributed by atoms with Crippen molar-refractivity contribution in [3.8, 4) is 5.75 Å². The Morgan fingerprint density at radius 3 is 2.50 bits per heavy atom. The Kier molecular flexibility index (Phi) is 4.86. The van der Waals surface area contributed by atoms with Crippen molar-refractivity contribution >= 4 is 17.5 Å². The Morgan fingerprint density at radius 1 is 1.04 bits per heavy atom. The summed E-state index contributed by atoms with van der Waals surface area (Å²) in [7, 11) is 3.57. The molecule has 1 heterocycles. The van der Waals surface area contributed by atoms with Crippen molar-refractivity contribution < 1.29 is 4.74 Å². The lowest BCUT2D eigenvalue weighted by Gasteiger charge is -2.17. The molecule has 6 nitrogen and oxygen atoms in total. The van der Waals surface area contributed by atoms with E-state index in [0.29, 0.717) is 18.3 Å². The molecule has 24 heavy (non-hydrogen) atoms. The molecule has 0 aliphatic carbocycles. The minimum Gasteiger partial charge on any atom is -0.497 e. The SMILES string of the molecule is COc1ccc(CNc2cnnc(N(C)c3ccccc3)n2)cc1. The quantitative estimate of drug-likeness (QED) is 0.752. The summed E-state index contributed by atoms with van der Waals surface area (Å²) in [5, 5.41) is 11.4. The molecule has 0 bridgehead atoms. The molecule has 2 aromatic carbocycles. The molecule has 1 N–H and O–H groups in total. The standard InChI is InChI=1S/C18H19N5O/c1-23(15-6-4-3-5-7-15)18-21-17(13-20-22-18)19-12-14-8-10-16(24-2)11-9-14/h3-11,13H,12H2,1-2H3,(H,19,21,22). The molecule has 0 saturated carbocycles. The number of aromatic nitrogens is 3. The van der Waals surface area contributed by atoms with Gasteiger partial charge in [0.15, 0.2) is 5.82 Å². The highest BCUT2D eigenvalue weighted by molar-refractivity contribution is 5.56. The highest BCUT2D eigenvalue weighted by atomic mass is 16.5. The van der Waals surface area contributed by atoms with Gasteiger partial charge < -0.3 is 15.0 Å². The van der Waals surface area contributed by atoms with Crippen LogP contribution in [0.25, 0.3) is 0 Å². The summed E-state index contributed by atoms with van der Waals surface area (Å²) in [5.74, 6) is 2.06. The maximum atomic E-state index is 5.16. The Hall–Kier alpha value is -3.15. The van der Waals surface area contributed by atoms with Gasteiger partial charge in [-0.1, -0.05) is 30.3 Å². The maximum Gasteiger partial charge on any atom is 0.251 e. The third-order valence-corrected chi connectivity index (χ3v) is 3.62. The lowest BCUT2D eigenvalue weighted by molar-refractivity contribution is 0.414. The van der Waals surface area contributed by atoms with Crippen molar-refractivity contribution in [3.05, 3.63) is 66.4 Å².